The molecule has 4 rings (SSSR count). The third kappa shape index (κ3) is 4.11. The maximum absolute atomic E-state index is 13.2. The fraction of sp³-hybridized carbons (Fsp3) is 0.296. The average Bonchev–Trinajstić information content (AvgIpc) is 2.73. The van der Waals surface area contributed by atoms with Crippen LogP contribution in [0.5, 0.6) is 0 Å². The highest BCUT2D eigenvalue weighted by atomic mass is 16.1. The van der Waals surface area contributed by atoms with E-state index >= 15 is 0 Å². The summed E-state index contributed by atoms with van der Waals surface area (Å²) in [5.74, 6) is 0.195. The second-order valence-electron chi connectivity index (χ2n) is 8.50. The molecule has 1 atom stereocenters. The van der Waals surface area contributed by atoms with E-state index in [2.05, 4.69) is 32.0 Å². The van der Waals surface area contributed by atoms with Gasteiger partial charge in [-0.1, -0.05) is 36.4 Å². The quantitative estimate of drug-likeness (QED) is 0.456. The van der Waals surface area contributed by atoms with Crippen LogP contribution in [0.4, 0.5) is 0 Å². The number of carbonyl (C=O) groups is 2. The number of rotatable bonds is 5. The van der Waals surface area contributed by atoms with Crippen molar-refractivity contribution in [3.05, 3.63) is 99.9 Å². The molecule has 1 aromatic heterocycles. The maximum Gasteiger partial charge on any atom is 0.180 e. The SMILES string of the molecule is CC(=O)c1c[n+](Cc2ccccc2)ccc1CC1CCc2cc(C)c(C)cc2C1=O. The minimum Gasteiger partial charge on any atom is -0.294 e. The van der Waals surface area contributed by atoms with Crippen molar-refractivity contribution in [3.63, 3.8) is 0 Å². The van der Waals surface area contributed by atoms with E-state index in [0.717, 1.165) is 36.1 Å². The molecule has 0 bridgehead atoms. The lowest BCUT2D eigenvalue weighted by molar-refractivity contribution is -0.688. The lowest BCUT2D eigenvalue weighted by Gasteiger charge is -2.25. The van der Waals surface area contributed by atoms with Crippen molar-refractivity contribution in [2.45, 2.75) is 46.6 Å². The second-order valence-corrected chi connectivity index (χ2v) is 8.50. The molecular formula is C27H28NO2+. The summed E-state index contributed by atoms with van der Waals surface area (Å²) in [5, 5.41) is 0. The van der Waals surface area contributed by atoms with E-state index < -0.39 is 0 Å². The Kier molecular flexibility index (Phi) is 5.63. The summed E-state index contributed by atoms with van der Waals surface area (Å²) in [6, 6.07) is 16.4. The Hall–Kier alpha value is -3.07. The molecule has 1 aliphatic rings. The molecule has 0 amide bonds. The zero-order valence-corrected chi connectivity index (χ0v) is 17.9. The van der Waals surface area contributed by atoms with Crippen LogP contribution in [-0.4, -0.2) is 11.6 Å². The molecule has 0 fully saturated rings. The molecule has 3 nitrogen and oxygen atoms in total. The van der Waals surface area contributed by atoms with Gasteiger partial charge in [0.05, 0.1) is 5.56 Å². The molecule has 30 heavy (non-hydrogen) atoms. The van der Waals surface area contributed by atoms with Crippen molar-refractivity contribution in [1.29, 1.82) is 0 Å². The van der Waals surface area contributed by atoms with Gasteiger partial charge in [-0.25, -0.2) is 4.57 Å². The second kappa shape index (κ2) is 8.35. The minimum atomic E-state index is -0.0670. The molecule has 0 spiro atoms. The first-order valence-corrected chi connectivity index (χ1v) is 10.6. The largest absolute Gasteiger partial charge is 0.294 e. The van der Waals surface area contributed by atoms with Gasteiger partial charge in [-0.3, -0.25) is 9.59 Å². The number of fused-ring (bicyclic) bond motifs is 1. The van der Waals surface area contributed by atoms with Gasteiger partial charge in [0, 0.05) is 23.1 Å². The topological polar surface area (TPSA) is 38.0 Å². The van der Waals surface area contributed by atoms with Gasteiger partial charge in [0.1, 0.15) is 0 Å². The van der Waals surface area contributed by atoms with Crippen LogP contribution < -0.4 is 4.57 Å². The lowest BCUT2D eigenvalue weighted by Crippen LogP contribution is -2.35. The standard InChI is InChI=1S/C27H28NO2/c1-18-13-22-9-10-24(27(30)25(22)14-19(18)2)15-23-11-12-28(17-26(23)20(3)29)16-21-7-5-4-6-8-21/h4-8,11-14,17,24H,9-10,15-16H2,1-3H3/q+1. The van der Waals surface area contributed by atoms with Crippen LogP contribution in [0.1, 0.15) is 61.9 Å². The van der Waals surface area contributed by atoms with Crippen molar-refractivity contribution < 1.29 is 14.2 Å². The summed E-state index contributed by atoms with van der Waals surface area (Å²) < 4.78 is 2.04. The molecular weight excluding hydrogens is 370 g/mol. The molecule has 2 aromatic carbocycles. The van der Waals surface area contributed by atoms with Gasteiger partial charge in [0.15, 0.2) is 30.5 Å². The van der Waals surface area contributed by atoms with Crippen LogP contribution in [0.2, 0.25) is 0 Å². The number of benzene rings is 2. The van der Waals surface area contributed by atoms with Gasteiger partial charge >= 0.3 is 0 Å². The number of pyridine rings is 1. The molecule has 152 valence electrons. The van der Waals surface area contributed by atoms with E-state index in [4.69, 9.17) is 0 Å². The maximum atomic E-state index is 13.2. The van der Waals surface area contributed by atoms with E-state index in [1.165, 1.54) is 16.7 Å². The van der Waals surface area contributed by atoms with E-state index in [9.17, 15) is 9.59 Å². The van der Waals surface area contributed by atoms with Crippen LogP contribution >= 0.6 is 0 Å². The number of hydrogen-bond donors (Lipinski definition) is 0. The fourth-order valence-electron chi connectivity index (χ4n) is 4.41. The average molecular weight is 399 g/mol. The molecule has 3 aromatic rings. The Labute approximate surface area is 178 Å². The highest BCUT2D eigenvalue weighted by Crippen LogP contribution is 2.30. The summed E-state index contributed by atoms with van der Waals surface area (Å²) in [5.41, 5.74) is 7.31. The molecule has 0 N–H and O–H groups in total. The van der Waals surface area contributed by atoms with Crippen molar-refractivity contribution in [2.24, 2.45) is 5.92 Å². The minimum absolute atomic E-state index is 0.0440. The van der Waals surface area contributed by atoms with E-state index in [0.29, 0.717) is 12.0 Å². The van der Waals surface area contributed by atoms with Crippen LogP contribution in [0.3, 0.4) is 0 Å². The summed E-state index contributed by atoms with van der Waals surface area (Å²) >= 11 is 0. The number of aryl methyl sites for hydroxylation is 3. The summed E-state index contributed by atoms with van der Waals surface area (Å²) in [4.78, 5) is 25.6. The van der Waals surface area contributed by atoms with E-state index in [-0.39, 0.29) is 17.5 Å². The highest BCUT2D eigenvalue weighted by Gasteiger charge is 2.29. The Balaban J connectivity index is 1.59. The Morgan fingerprint density at radius 1 is 1.07 bits per heavy atom. The van der Waals surface area contributed by atoms with Crippen LogP contribution in [0, 0.1) is 19.8 Å². The first kappa shape index (κ1) is 20.2. The Bertz CT molecular complexity index is 1120. The molecule has 1 unspecified atom stereocenters. The van der Waals surface area contributed by atoms with Gasteiger partial charge in [-0.2, -0.15) is 0 Å². The molecule has 0 aliphatic heterocycles. The molecule has 3 heteroatoms. The van der Waals surface area contributed by atoms with Crippen molar-refractivity contribution in [1.82, 2.24) is 0 Å². The van der Waals surface area contributed by atoms with Crippen molar-refractivity contribution in [3.8, 4) is 0 Å². The predicted molar refractivity (Wildman–Crippen MR) is 118 cm³/mol. The third-order valence-corrected chi connectivity index (χ3v) is 6.28. The number of nitrogens with zero attached hydrogens (tertiary/aromatic N) is 1. The Morgan fingerprint density at radius 3 is 2.53 bits per heavy atom. The lowest BCUT2D eigenvalue weighted by atomic mass is 9.78. The number of carbonyl (C=O) groups excluding carboxylic acids is 2. The summed E-state index contributed by atoms with van der Waals surface area (Å²) in [6.07, 6.45) is 6.32. The third-order valence-electron chi connectivity index (χ3n) is 6.28. The fourth-order valence-corrected chi connectivity index (χ4v) is 4.41. The van der Waals surface area contributed by atoms with Crippen LogP contribution in [0.25, 0.3) is 0 Å². The highest BCUT2D eigenvalue weighted by molar-refractivity contribution is 6.01. The van der Waals surface area contributed by atoms with Crippen LogP contribution in [0.15, 0.2) is 60.9 Å². The molecule has 1 heterocycles. The van der Waals surface area contributed by atoms with E-state index in [1.54, 1.807) is 6.92 Å². The first-order chi connectivity index (χ1) is 14.4. The number of ketones is 2. The summed E-state index contributed by atoms with van der Waals surface area (Å²) in [7, 11) is 0. The van der Waals surface area contributed by atoms with E-state index in [1.807, 2.05) is 47.3 Å². The van der Waals surface area contributed by atoms with Gasteiger partial charge < -0.3 is 0 Å². The molecule has 0 saturated carbocycles. The zero-order valence-electron chi connectivity index (χ0n) is 17.9. The van der Waals surface area contributed by atoms with Gasteiger partial charge in [-0.05, 0) is 68.4 Å². The van der Waals surface area contributed by atoms with Crippen LogP contribution in [-0.2, 0) is 19.4 Å². The smallest absolute Gasteiger partial charge is 0.180 e. The zero-order chi connectivity index (χ0) is 21.3. The predicted octanol–water partition coefficient (Wildman–Crippen LogP) is 4.83. The molecule has 0 radical (unpaired) electrons. The molecule has 1 aliphatic carbocycles. The van der Waals surface area contributed by atoms with Gasteiger partial charge in [0.2, 0.25) is 0 Å². The first-order valence-electron chi connectivity index (χ1n) is 10.6. The van der Waals surface area contributed by atoms with Gasteiger partial charge in [-0.15, -0.1) is 0 Å². The summed E-state index contributed by atoms with van der Waals surface area (Å²) in [6.45, 7) is 6.48. The number of hydrogen-bond acceptors (Lipinski definition) is 2. The van der Waals surface area contributed by atoms with Crippen molar-refractivity contribution in [2.75, 3.05) is 0 Å². The number of Topliss-reactive ketones (excluding diaryl/α,β-unsaturated/α-hetero) is 2. The van der Waals surface area contributed by atoms with Crippen molar-refractivity contribution >= 4 is 11.6 Å². The normalized spacial score (nSPS) is 15.7. The number of aromatic nitrogens is 1. The molecule has 0 saturated heterocycles. The Morgan fingerprint density at radius 2 is 1.80 bits per heavy atom. The monoisotopic (exact) mass is 398 g/mol. The van der Waals surface area contributed by atoms with Gasteiger partial charge in [0.25, 0.3) is 0 Å².